The van der Waals surface area contributed by atoms with Crippen LogP contribution in [0, 0.1) is 0 Å². The van der Waals surface area contributed by atoms with Gasteiger partial charge in [0.1, 0.15) is 0 Å². The van der Waals surface area contributed by atoms with Gasteiger partial charge in [0.2, 0.25) is 5.91 Å². The highest BCUT2D eigenvalue weighted by Crippen LogP contribution is 2.18. The fourth-order valence-corrected chi connectivity index (χ4v) is 2.02. The van der Waals surface area contributed by atoms with Crippen LogP contribution in [-0.4, -0.2) is 49.2 Å². The molecular weight excluding hydrogens is 204 g/mol. The average Bonchev–Trinajstić information content (AvgIpc) is 3.13. The van der Waals surface area contributed by atoms with Gasteiger partial charge in [-0.2, -0.15) is 0 Å². The molecule has 2 aliphatic rings. The monoisotopic (exact) mass is 226 g/mol. The number of carbonyl (C=O) groups excluding carboxylic acids is 1. The molecule has 1 aliphatic carbocycles. The van der Waals surface area contributed by atoms with Gasteiger partial charge in [-0.25, -0.2) is 0 Å². The molecule has 1 aliphatic heterocycles. The molecule has 1 N–H and O–H groups in total. The van der Waals surface area contributed by atoms with E-state index in [2.05, 4.69) is 12.2 Å². The van der Waals surface area contributed by atoms with Crippen LogP contribution in [-0.2, 0) is 9.53 Å². The van der Waals surface area contributed by atoms with Crippen LogP contribution < -0.4 is 5.32 Å². The van der Waals surface area contributed by atoms with Gasteiger partial charge >= 0.3 is 0 Å². The lowest BCUT2D eigenvalue weighted by Crippen LogP contribution is -2.46. The van der Waals surface area contributed by atoms with Gasteiger partial charge < -0.3 is 15.0 Å². The summed E-state index contributed by atoms with van der Waals surface area (Å²) in [7, 11) is 0. The molecule has 2 rings (SSSR count). The SMILES string of the molecule is CCC1CN(C(=O)CCNC2CC2)CCO1. The highest BCUT2D eigenvalue weighted by atomic mass is 16.5. The van der Waals surface area contributed by atoms with Crippen molar-refractivity contribution in [3.8, 4) is 0 Å². The molecule has 0 radical (unpaired) electrons. The summed E-state index contributed by atoms with van der Waals surface area (Å²) in [5.74, 6) is 0.273. The molecule has 0 bridgehead atoms. The summed E-state index contributed by atoms with van der Waals surface area (Å²) in [6.45, 7) is 5.17. The minimum absolute atomic E-state index is 0.245. The number of morpholine rings is 1. The molecule has 16 heavy (non-hydrogen) atoms. The summed E-state index contributed by atoms with van der Waals surface area (Å²) in [5.41, 5.74) is 0. The molecule has 0 aromatic heterocycles. The molecule has 1 saturated heterocycles. The lowest BCUT2D eigenvalue weighted by atomic mass is 10.2. The number of hydrogen-bond donors (Lipinski definition) is 1. The smallest absolute Gasteiger partial charge is 0.224 e. The molecular formula is C12H22N2O2. The van der Waals surface area contributed by atoms with Crippen LogP contribution in [0.25, 0.3) is 0 Å². The first-order valence-electron chi connectivity index (χ1n) is 6.42. The third kappa shape index (κ3) is 3.46. The Morgan fingerprint density at radius 1 is 1.50 bits per heavy atom. The zero-order chi connectivity index (χ0) is 11.4. The summed E-state index contributed by atoms with van der Waals surface area (Å²) in [5, 5.41) is 3.37. The molecule has 0 spiro atoms. The number of nitrogens with zero attached hydrogens (tertiary/aromatic N) is 1. The van der Waals surface area contributed by atoms with Crippen molar-refractivity contribution in [1.82, 2.24) is 10.2 Å². The number of rotatable bonds is 5. The first-order chi connectivity index (χ1) is 7.79. The lowest BCUT2D eigenvalue weighted by molar-refractivity contribution is -0.138. The number of hydrogen-bond acceptors (Lipinski definition) is 3. The summed E-state index contributed by atoms with van der Waals surface area (Å²) in [6, 6.07) is 0.695. The second kappa shape index (κ2) is 5.64. The van der Waals surface area contributed by atoms with E-state index in [4.69, 9.17) is 4.74 Å². The predicted octanol–water partition coefficient (Wildman–Crippen LogP) is 0.766. The van der Waals surface area contributed by atoms with E-state index in [1.807, 2.05) is 4.90 Å². The Labute approximate surface area is 97.3 Å². The minimum Gasteiger partial charge on any atom is -0.375 e. The molecule has 4 heteroatoms. The van der Waals surface area contributed by atoms with E-state index >= 15 is 0 Å². The van der Waals surface area contributed by atoms with Crippen molar-refractivity contribution < 1.29 is 9.53 Å². The zero-order valence-electron chi connectivity index (χ0n) is 10.1. The van der Waals surface area contributed by atoms with Gasteiger partial charge in [-0.05, 0) is 19.3 Å². The van der Waals surface area contributed by atoms with Crippen LogP contribution in [0.4, 0.5) is 0 Å². The Kier molecular flexibility index (Phi) is 4.18. The van der Waals surface area contributed by atoms with Crippen LogP contribution in [0.2, 0.25) is 0 Å². The quantitative estimate of drug-likeness (QED) is 0.752. The Hall–Kier alpha value is -0.610. The Morgan fingerprint density at radius 2 is 2.31 bits per heavy atom. The van der Waals surface area contributed by atoms with Crippen LogP contribution in [0.3, 0.4) is 0 Å². The predicted molar refractivity (Wildman–Crippen MR) is 62.3 cm³/mol. The summed E-state index contributed by atoms with van der Waals surface area (Å²) in [4.78, 5) is 13.8. The van der Waals surface area contributed by atoms with E-state index in [0.717, 1.165) is 26.1 Å². The van der Waals surface area contributed by atoms with Crippen LogP contribution in [0.1, 0.15) is 32.6 Å². The zero-order valence-corrected chi connectivity index (χ0v) is 10.1. The van der Waals surface area contributed by atoms with Crippen molar-refractivity contribution in [2.24, 2.45) is 0 Å². The highest BCUT2D eigenvalue weighted by molar-refractivity contribution is 5.76. The largest absolute Gasteiger partial charge is 0.375 e. The van der Waals surface area contributed by atoms with E-state index in [9.17, 15) is 4.79 Å². The molecule has 1 heterocycles. The second-order valence-electron chi connectivity index (χ2n) is 4.72. The Balaban J connectivity index is 1.66. The van der Waals surface area contributed by atoms with Gasteiger partial charge in [0.25, 0.3) is 0 Å². The van der Waals surface area contributed by atoms with Gasteiger partial charge in [0.05, 0.1) is 12.7 Å². The van der Waals surface area contributed by atoms with Crippen LogP contribution in [0.15, 0.2) is 0 Å². The fraction of sp³-hybridized carbons (Fsp3) is 0.917. The van der Waals surface area contributed by atoms with E-state index in [-0.39, 0.29) is 12.0 Å². The van der Waals surface area contributed by atoms with Gasteiger partial charge in [-0.15, -0.1) is 0 Å². The maximum Gasteiger partial charge on any atom is 0.224 e. The van der Waals surface area contributed by atoms with Gasteiger partial charge in [0, 0.05) is 32.1 Å². The first kappa shape index (κ1) is 11.9. The molecule has 92 valence electrons. The lowest BCUT2D eigenvalue weighted by Gasteiger charge is -2.32. The molecule has 1 unspecified atom stereocenters. The molecule has 0 aromatic rings. The molecule has 1 saturated carbocycles. The molecule has 1 amide bonds. The van der Waals surface area contributed by atoms with Crippen molar-refractivity contribution in [3.63, 3.8) is 0 Å². The van der Waals surface area contributed by atoms with E-state index in [1.54, 1.807) is 0 Å². The topological polar surface area (TPSA) is 41.6 Å². The molecule has 0 aromatic carbocycles. The van der Waals surface area contributed by atoms with Crippen molar-refractivity contribution in [3.05, 3.63) is 0 Å². The maximum absolute atomic E-state index is 11.9. The van der Waals surface area contributed by atoms with Gasteiger partial charge in [-0.1, -0.05) is 6.92 Å². The van der Waals surface area contributed by atoms with E-state index in [1.165, 1.54) is 12.8 Å². The third-order valence-corrected chi connectivity index (χ3v) is 3.30. The van der Waals surface area contributed by atoms with Crippen molar-refractivity contribution in [2.45, 2.75) is 44.8 Å². The van der Waals surface area contributed by atoms with Crippen LogP contribution in [0.5, 0.6) is 0 Å². The number of nitrogens with one attached hydrogen (secondary N) is 1. The fourth-order valence-electron chi connectivity index (χ4n) is 2.02. The maximum atomic E-state index is 11.9. The standard InChI is InChI=1S/C12H22N2O2/c1-2-11-9-14(7-8-16-11)12(15)5-6-13-10-3-4-10/h10-11,13H,2-9H2,1H3. The normalized spacial score (nSPS) is 25.8. The first-order valence-corrected chi connectivity index (χ1v) is 6.42. The number of amides is 1. The molecule has 2 fully saturated rings. The number of carbonyl (C=O) groups is 1. The Morgan fingerprint density at radius 3 is 3.00 bits per heavy atom. The third-order valence-electron chi connectivity index (χ3n) is 3.30. The average molecular weight is 226 g/mol. The molecule has 4 nitrogen and oxygen atoms in total. The summed E-state index contributed by atoms with van der Waals surface area (Å²) in [6.07, 6.45) is 4.43. The van der Waals surface area contributed by atoms with Gasteiger partial charge in [0.15, 0.2) is 0 Å². The minimum atomic E-state index is 0.245. The number of ether oxygens (including phenoxy) is 1. The highest BCUT2D eigenvalue weighted by Gasteiger charge is 2.24. The van der Waals surface area contributed by atoms with Crippen molar-refractivity contribution in [2.75, 3.05) is 26.2 Å². The summed E-state index contributed by atoms with van der Waals surface area (Å²) < 4.78 is 5.55. The summed E-state index contributed by atoms with van der Waals surface area (Å²) >= 11 is 0. The van der Waals surface area contributed by atoms with Crippen molar-refractivity contribution in [1.29, 1.82) is 0 Å². The second-order valence-corrected chi connectivity index (χ2v) is 4.72. The van der Waals surface area contributed by atoms with Gasteiger partial charge in [-0.3, -0.25) is 4.79 Å². The van der Waals surface area contributed by atoms with Crippen molar-refractivity contribution >= 4 is 5.91 Å². The Bertz CT molecular complexity index is 241. The van der Waals surface area contributed by atoms with E-state index < -0.39 is 0 Å². The van der Waals surface area contributed by atoms with E-state index in [0.29, 0.717) is 19.1 Å². The molecule has 1 atom stereocenters. The van der Waals surface area contributed by atoms with Crippen LogP contribution >= 0.6 is 0 Å².